The summed E-state index contributed by atoms with van der Waals surface area (Å²) in [7, 11) is 0. The zero-order chi connectivity index (χ0) is 12.9. The quantitative estimate of drug-likeness (QED) is 0.689. The Balaban J connectivity index is 1.48. The minimum absolute atomic E-state index is 0.184. The number of hydrogen-bond acceptors (Lipinski definition) is 6. The molecule has 6 nitrogen and oxygen atoms in total. The van der Waals surface area contributed by atoms with Crippen molar-refractivity contribution in [2.24, 2.45) is 0 Å². The van der Waals surface area contributed by atoms with Crippen molar-refractivity contribution in [1.29, 1.82) is 0 Å². The average Bonchev–Trinajstić information content (AvgIpc) is 3.02. The Labute approximate surface area is 111 Å². The second kappa shape index (κ2) is 4.41. The Bertz CT molecular complexity index is 366. The molecule has 0 unspecified atom stereocenters. The van der Waals surface area contributed by atoms with Crippen molar-refractivity contribution in [2.45, 2.75) is 68.6 Å². The molecule has 1 aliphatic carbocycles. The van der Waals surface area contributed by atoms with Gasteiger partial charge >= 0.3 is 0 Å². The van der Waals surface area contributed by atoms with Crippen LogP contribution in [0.25, 0.3) is 0 Å². The summed E-state index contributed by atoms with van der Waals surface area (Å²) < 4.78 is 28.6. The Kier molecular flexibility index (Phi) is 2.80. The van der Waals surface area contributed by atoms with E-state index in [2.05, 4.69) is 0 Å². The number of carbonyl (C=O) groups is 1. The van der Waals surface area contributed by atoms with E-state index >= 15 is 0 Å². The van der Waals surface area contributed by atoms with E-state index in [-0.39, 0.29) is 30.7 Å². The fraction of sp³-hybridized carbons (Fsp3) is 0.923. The summed E-state index contributed by atoms with van der Waals surface area (Å²) in [6.07, 6.45) is 3.98. The standard InChI is InChI=1S/C13H18O6/c14-7-16-8-6-15-10-9(8)17-12-11(10)18-13(19-12)4-2-1-3-5-13/h7-12H,1-6H2/t8-,9-,10+,11-,12-/m1/s1. The van der Waals surface area contributed by atoms with Crippen molar-refractivity contribution in [1.82, 2.24) is 0 Å². The molecule has 5 atom stereocenters. The first-order chi connectivity index (χ1) is 9.31. The minimum Gasteiger partial charge on any atom is -0.459 e. The smallest absolute Gasteiger partial charge is 0.293 e. The van der Waals surface area contributed by atoms with Crippen molar-refractivity contribution in [3.05, 3.63) is 0 Å². The molecule has 0 amide bonds. The first-order valence-electron chi connectivity index (χ1n) is 7.03. The van der Waals surface area contributed by atoms with Crippen LogP contribution in [0.4, 0.5) is 0 Å². The molecule has 4 fully saturated rings. The van der Waals surface area contributed by atoms with Gasteiger partial charge in [-0.1, -0.05) is 6.42 Å². The molecule has 3 heterocycles. The molecule has 3 aliphatic heterocycles. The number of rotatable bonds is 2. The van der Waals surface area contributed by atoms with E-state index in [1.807, 2.05) is 0 Å². The van der Waals surface area contributed by atoms with Crippen LogP contribution in [0.5, 0.6) is 0 Å². The SMILES string of the molecule is O=CO[C@@H]1CO[C@@H]2[C@H]3OC4(CCCCC4)O[C@H]3O[C@@H]21. The second-order valence-corrected chi connectivity index (χ2v) is 5.71. The zero-order valence-electron chi connectivity index (χ0n) is 10.7. The lowest BCUT2D eigenvalue weighted by atomic mass is 9.94. The van der Waals surface area contributed by atoms with E-state index < -0.39 is 5.79 Å². The third-order valence-corrected chi connectivity index (χ3v) is 4.55. The lowest BCUT2D eigenvalue weighted by molar-refractivity contribution is -0.245. The molecule has 0 aromatic carbocycles. The molecule has 0 radical (unpaired) electrons. The van der Waals surface area contributed by atoms with Crippen LogP contribution in [0.1, 0.15) is 32.1 Å². The monoisotopic (exact) mass is 270 g/mol. The van der Waals surface area contributed by atoms with Crippen LogP contribution < -0.4 is 0 Å². The maximum Gasteiger partial charge on any atom is 0.293 e. The molecular formula is C13H18O6. The molecule has 4 rings (SSSR count). The zero-order valence-corrected chi connectivity index (χ0v) is 10.7. The van der Waals surface area contributed by atoms with Gasteiger partial charge in [-0.05, 0) is 12.8 Å². The highest BCUT2D eigenvalue weighted by Crippen LogP contribution is 2.47. The third kappa shape index (κ3) is 1.81. The molecule has 6 heteroatoms. The second-order valence-electron chi connectivity index (χ2n) is 5.71. The third-order valence-electron chi connectivity index (χ3n) is 4.55. The molecule has 0 bridgehead atoms. The van der Waals surface area contributed by atoms with Crippen LogP contribution in [0.2, 0.25) is 0 Å². The van der Waals surface area contributed by atoms with Gasteiger partial charge in [-0.15, -0.1) is 0 Å². The van der Waals surface area contributed by atoms with E-state index in [4.69, 9.17) is 23.7 Å². The molecule has 0 N–H and O–H groups in total. The summed E-state index contributed by atoms with van der Waals surface area (Å²) in [6, 6.07) is 0. The van der Waals surface area contributed by atoms with Gasteiger partial charge in [0.05, 0.1) is 6.61 Å². The molecule has 0 aromatic rings. The van der Waals surface area contributed by atoms with E-state index in [1.165, 1.54) is 6.42 Å². The summed E-state index contributed by atoms with van der Waals surface area (Å²) in [5, 5.41) is 0. The summed E-state index contributed by atoms with van der Waals surface area (Å²) in [5.41, 5.74) is 0. The van der Waals surface area contributed by atoms with Crippen molar-refractivity contribution in [3.63, 3.8) is 0 Å². The van der Waals surface area contributed by atoms with E-state index in [9.17, 15) is 4.79 Å². The summed E-state index contributed by atoms with van der Waals surface area (Å²) in [4.78, 5) is 10.4. The predicted octanol–water partition coefficient (Wildman–Crippen LogP) is 0.727. The van der Waals surface area contributed by atoms with Crippen LogP contribution in [0, 0.1) is 0 Å². The molecule has 1 saturated carbocycles. The van der Waals surface area contributed by atoms with Crippen LogP contribution in [0.3, 0.4) is 0 Å². The molecule has 0 aromatic heterocycles. The van der Waals surface area contributed by atoms with Crippen LogP contribution in [-0.2, 0) is 28.5 Å². The van der Waals surface area contributed by atoms with E-state index in [0.29, 0.717) is 13.1 Å². The Hall–Kier alpha value is -0.690. The molecule has 19 heavy (non-hydrogen) atoms. The first kappa shape index (κ1) is 12.1. The number of fused-ring (bicyclic) bond motifs is 3. The predicted molar refractivity (Wildman–Crippen MR) is 61.1 cm³/mol. The number of ether oxygens (including phenoxy) is 5. The fourth-order valence-electron chi connectivity index (χ4n) is 3.66. The first-order valence-corrected chi connectivity index (χ1v) is 7.03. The summed E-state index contributed by atoms with van der Waals surface area (Å²) in [6.45, 7) is 0.811. The average molecular weight is 270 g/mol. The minimum atomic E-state index is -0.467. The number of hydrogen-bond donors (Lipinski definition) is 0. The van der Waals surface area contributed by atoms with Gasteiger partial charge in [-0.2, -0.15) is 0 Å². The van der Waals surface area contributed by atoms with E-state index in [1.54, 1.807) is 0 Å². The fourth-order valence-corrected chi connectivity index (χ4v) is 3.66. The molecule has 3 saturated heterocycles. The van der Waals surface area contributed by atoms with Gasteiger partial charge in [0, 0.05) is 12.8 Å². The summed E-state index contributed by atoms with van der Waals surface area (Å²) >= 11 is 0. The maximum absolute atomic E-state index is 10.4. The van der Waals surface area contributed by atoms with Crippen LogP contribution >= 0.6 is 0 Å². The molecular weight excluding hydrogens is 252 g/mol. The highest BCUT2D eigenvalue weighted by atomic mass is 16.8. The largest absolute Gasteiger partial charge is 0.459 e. The van der Waals surface area contributed by atoms with E-state index in [0.717, 1.165) is 25.7 Å². The molecule has 1 spiro atoms. The lowest BCUT2D eigenvalue weighted by Crippen LogP contribution is -2.39. The Morgan fingerprint density at radius 2 is 1.89 bits per heavy atom. The van der Waals surface area contributed by atoms with Gasteiger partial charge in [0.2, 0.25) is 0 Å². The maximum atomic E-state index is 10.4. The van der Waals surface area contributed by atoms with Crippen LogP contribution in [0.15, 0.2) is 0 Å². The van der Waals surface area contributed by atoms with Gasteiger partial charge in [0.1, 0.15) is 18.3 Å². The van der Waals surface area contributed by atoms with Gasteiger partial charge < -0.3 is 23.7 Å². The van der Waals surface area contributed by atoms with Crippen molar-refractivity contribution in [3.8, 4) is 0 Å². The van der Waals surface area contributed by atoms with Crippen molar-refractivity contribution >= 4 is 6.47 Å². The lowest BCUT2D eigenvalue weighted by Gasteiger charge is -2.33. The normalized spacial score (nSPS) is 47.1. The summed E-state index contributed by atoms with van der Waals surface area (Å²) in [5.74, 6) is -0.467. The van der Waals surface area contributed by atoms with Gasteiger partial charge in [0.15, 0.2) is 18.2 Å². The number of carbonyl (C=O) groups excluding carboxylic acids is 1. The van der Waals surface area contributed by atoms with Gasteiger partial charge in [-0.25, -0.2) is 0 Å². The van der Waals surface area contributed by atoms with Gasteiger partial charge in [0.25, 0.3) is 6.47 Å². The Morgan fingerprint density at radius 1 is 1.05 bits per heavy atom. The molecule has 106 valence electrons. The Morgan fingerprint density at radius 3 is 2.68 bits per heavy atom. The highest BCUT2D eigenvalue weighted by molar-refractivity contribution is 5.38. The topological polar surface area (TPSA) is 63.2 Å². The van der Waals surface area contributed by atoms with Crippen LogP contribution in [-0.4, -0.2) is 49.6 Å². The van der Waals surface area contributed by atoms with Crippen molar-refractivity contribution < 1.29 is 28.5 Å². The van der Waals surface area contributed by atoms with Gasteiger partial charge in [-0.3, -0.25) is 4.79 Å². The molecule has 4 aliphatic rings. The highest BCUT2D eigenvalue weighted by Gasteiger charge is 2.62. The van der Waals surface area contributed by atoms with Crippen molar-refractivity contribution in [2.75, 3.05) is 6.61 Å².